The summed E-state index contributed by atoms with van der Waals surface area (Å²) in [5, 5.41) is 3.30. The van der Waals surface area contributed by atoms with Gasteiger partial charge in [-0.3, -0.25) is 0 Å². The fourth-order valence-electron chi connectivity index (χ4n) is 2.00. The highest BCUT2D eigenvalue weighted by atomic mass is 16.5. The zero-order valence-electron chi connectivity index (χ0n) is 12.9. The maximum Gasteiger partial charge on any atom is 0.127 e. The van der Waals surface area contributed by atoms with Gasteiger partial charge < -0.3 is 10.1 Å². The molecule has 2 heteroatoms. The summed E-state index contributed by atoms with van der Waals surface area (Å²) < 4.78 is 5.76. The molecule has 20 heavy (non-hydrogen) atoms. The van der Waals surface area contributed by atoms with E-state index in [1.165, 1.54) is 5.56 Å². The van der Waals surface area contributed by atoms with Crippen molar-refractivity contribution in [3.8, 4) is 11.5 Å². The van der Waals surface area contributed by atoms with Crippen LogP contribution in [0.15, 0.2) is 54.6 Å². The van der Waals surface area contributed by atoms with Gasteiger partial charge >= 0.3 is 0 Å². The van der Waals surface area contributed by atoms with Gasteiger partial charge in [0.05, 0.1) is 0 Å². The molecule has 1 atom stereocenters. The van der Waals surface area contributed by atoms with Crippen LogP contribution in [-0.2, 0) is 0 Å². The Morgan fingerprint density at radius 1 is 0.900 bits per heavy atom. The van der Waals surface area contributed by atoms with Crippen molar-refractivity contribution in [3.63, 3.8) is 0 Å². The van der Waals surface area contributed by atoms with Crippen LogP contribution < -0.4 is 10.1 Å². The summed E-state index contributed by atoms with van der Waals surface area (Å²) in [5.74, 6) is 1.74. The van der Waals surface area contributed by atoms with Crippen molar-refractivity contribution >= 4 is 0 Å². The van der Waals surface area contributed by atoms with Gasteiger partial charge in [-0.1, -0.05) is 51.1 Å². The van der Waals surface area contributed by atoms with Crippen LogP contribution in [0.25, 0.3) is 0 Å². The minimum absolute atomic E-state index is 0.413. The summed E-state index contributed by atoms with van der Waals surface area (Å²) in [6, 6.07) is 18.5. The molecule has 2 nitrogen and oxygen atoms in total. The van der Waals surface area contributed by atoms with Crippen LogP contribution >= 0.6 is 0 Å². The average molecular weight is 271 g/mol. The summed E-state index contributed by atoms with van der Waals surface area (Å²) in [7, 11) is 1.99. The molecule has 1 unspecified atom stereocenters. The average Bonchev–Trinajstić information content (AvgIpc) is 2.53. The van der Waals surface area contributed by atoms with Gasteiger partial charge in [0, 0.05) is 6.04 Å². The van der Waals surface area contributed by atoms with Crippen LogP contribution in [0.5, 0.6) is 11.5 Å². The Balaban J connectivity index is 0.000000956. The minimum atomic E-state index is 0.413. The molecule has 0 saturated heterocycles. The predicted octanol–water partition coefficient (Wildman–Crippen LogP) is 5.18. The Bertz CT molecular complexity index is 461. The first-order valence-electron chi connectivity index (χ1n) is 7.33. The molecule has 2 rings (SSSR count). The summed E-state index contributed by atoms with van der Waals surface area (Å²) in [4.78, 5) is 0. The molecule has 0 saturated carbocycles. The highest BCUT2D eigenvalue weighted by Gasteiger charge is 2.06. The second kappa shape index (κ2) is 9.16. The first-order chi connectivity index (χ1) is 9.83. The van der Waals surface area contributed by atoms with Gasteiger partial charge in [0.2, 0.25) is 0 Å². The molecule has 2 aromatic rings. The van der Waals surface area contributed by atoms with Gasteiger partial charge in [-0.2, -0.15) is 0 Å². The topological polar surface area (TPSA) is 21.3 Å². The number of hydrogen-bond donors (Lipinski definition) is 1. The van der Waals surface area contributed by atoms with E-state index in [4.69, 9.17) is 4.74 Å². The van der Waals surface area contributed by atoms with E-state index >= 15 is 0 Å². The van der Waals surface area contributed by atoms with E-state index in [2.05, 4.69) is 24.4 Å². The molecule has 108 valence electrons. The van der Waals surface area contributed by atoms with Crippen molar-refractivity contribution in [1.82, 2.24) is 5.32 Å². The van der Waals surface area contributed by atoms with Gasteiger partial charge in [0.25, 0.3) is 0 Å². The van der Waals surface area contributed by atoms with E-state index in [9.17, 15) is 0 Å². The molecular formula is C18H25NO. The smallest absolute Gasteiger partial charge is 0.127 e. The monoisotopic (exact) mass is 271 g/mol. The number of nitrogens with one attached hydrogen (secondary N) is 1. The van der Waals surface area contributed by atoms with Crippen LogP contribution in [0.1, 0.15) is 38.8 Å². The van der Waals surface area contributed by atoms with E-state index in [0.717, 1.165) is 17.9 Å². The van der Waals surface area contributed by atoms with E-state index in [0.29, 0.717) is 6.04 Å². The van der Waals surface area contributed by atoms with Gasteiger partial charge in [-0.15, -0.1) is 0 Å². The van der Waals surface area contributed by atoms with Crippen molar-refractivity contribution in [2.45, 2.75) is 33.2 Å². The molecule has 0 spiro atoms. The lowest BCUT2D eigenvalue weighted by molar-refractivity contribution is 0.481. The highest BCUT2D eigenvalue weighted by molar-refractivity contribution is 5.33. The van der Waals surface area contributed by atoms with Gasteiger partial charge in [0.15, 0.2) is 0 Å². The molecule has 0 aliphatic carbocycles. The quantitative estimate of drug-likeness (QED) is 0.809. The molecule has 0 aliphatic heterocycles. The Morgan fingerprint density at radius 2 is 1.45 bits per heavy atom. The molecule has 0 fully saturated rings. The number of para-hydroxylation sites is 1. The Morgan fingerprint density at radius 3 is 1.95 bits per heavy atom. The lowest BCUT2D eigenvalue weighted by atomic mass is 10.0. The Hall–Kier alpha value is -1.80. The van der Waals surface area contributed by atoms with Crippen LogP contribution in [0.4, 0.5) is 0 Å². The number of rotatable bonds is 5. The molecule has 0 radical (unpaired) electrons. The maximum absolute atomic E-state index is 5.76. The number of ether oxygens (including phenoxy) is 1. The fourth-order valence-corrected chi connectivity index (χ4v) is 2.00. The summed E-state index contributed by atoms with van der Waals surface area (Å²) in [5.41, 5.74) is 1.29. The van der Waals surface area contributed by atoms with Crippen molar-refractivity contribution < 1.29 is 4.74 Å². The molecule has 2 aromatic carbocycles. The SMILES string of the molecule is CC.CCC(NC)c1ccc(Oc2ccccc2)cc1. The molecule has 0 bridgehead atoms. The van der Waals surface area contributed by atoms with Crippen molar-refractivity contribution in [3.05, 3.63) is 60.2 Å². The van der Waals surface area contributed by atoms with Crippen molar-refractivity contribution in [2.75, 3.05) is 7.05 Å². The molecule has 0 amide bonds. The Kier molecular flexibility index (Phi) is 7.44. The third-order valence-electron chi connectivity index (χ3n) is 3.02. The maximum atomic E-state index is 5.76. The van der Waals surface area contributed by atoms with E-state index in [1.54, 1.807) is 0 Å². The number of hydrogen-bond acceptors (Lipinski definition) is 2. The van der Waals surface area contributed by atoms with Gasteiger partial charge in [0.1, 0.15) is 11.5 Å². The summed E-state index contributed by atoms with van der Waals surface area (Å²) >= 11 is 0. The first kappa shape index (κ1) is 16.3. The third kappa shape index (κ3) is 4.71. The molecule has 0 heterocycles. The Labute approximate surface area is 122 Å². The molecule has 0 aliphatic rings. The zero-order valence-corrected chi connectivity index (χ0v) is 12.9. The fraction of sp³-hybridized carbons (Fsp3) is 0.333. The summed E-state index contributed by atoms with van der Waals surface area (Å²) in [6.07, 6.45) is 1.08. The largest absolute Gasteiger partial charge is 0.457 e. The normalized spacial score (nSPS) is 11.2. The lowest BCUT2D eigenvalue weighted by Crippen LogP contribution is -2.14. The second-order valence-corrected chi connectivity index (χ2v) is 4.23. The standard InChI is InChI=1S/C16H19NO.C2H6/c1-3-16(17-2)13-9-11-15(12-10-13)18-14-7-5-4-6-8-14;1-2/h4-12,16-17H,3H2,1-2H3;1-2H3. The lowest BCUT2D eigenvalue weighted by Gasteiger charge is -2.14. The molecule has 1 N–H and O–H groups in total. The second-order valence-electron chi connectivity index (χ2n) is 4.23. The number of benzene rings is 2. The van der Waals surface area contributed by atoms with Crippen LogP contribution in [0.2, 0.25) is 0 Å². The van der Waals surface area contributed by atoms with Crippen LogP contribution in [0.3, 0.4) is 0 Å². The van der Waals surface area contributed by atoms with Crippen molar-refractivity contribution in [1.29, 1.82) is 0 Å². The predicted molar refractivity (Wildman–Crippen MR) is 86.4 cm³/mol. The van der Waals surface area contributed by atoms with Gasteiger partial charge in [-0.25, -0.2) is 0 Å². The molecule has 0 aromatic heterocycles. The van der Waals surface area contributed by atoms with E-state index in [1.807, 2.05) is 63.4 Å². The van der Waals surface area contributed by atoms with E-state index < -0.39 is 0 Å². The first-order valence-corrected chi connectivity index (χ1v) is 7.33. The van der Waals surface area contributed by atoms with Crippen LogP contribution in [0, 0.1) is 0 Å². The third-order valence-corrected chi connectivity index (χ3v) is 3.02. The highest BCUT2D eigenvalue weighted by Crippen LogP contribution is 2.23. The van der Waals surface area contributed by atoms with Gasteiger partial charge in [-0.05, 0) is 43.3 Å². The van der Waals surface area contributed by atoms with Crippen molar-refractivity contribution in [2.24, 2.45) is 0 Å². The molecular weight excluding hydrogens is 246 g/mol. The minimum Gasteiger partial charge on any atom is -0.457 e. The zero-order chi connectivity index (χ0) is 14.8. The van der Waals surface area contributed by atoms with E-state index in [-0.39, 0.29) is 0 Å². The summed E-state index contributed by atoms with van der Waals surface area (Å²) in [6.45, 7) is 6.18. The van der Waals surface area contributed by atoms with Crippen LogP contribution in [-0.4, -0.2) is 7.05 Å².